The smallest absolute Gasteiger partial charge is 0.257 e. The van der Waals surface area contributed by atoms with E-state index >= 15 is 0 Å². The lowest BCUT2D eigenvalue weighted by molar-refractivity contribution is 0.0828. The molecule has 0 saturated carbocycles. The van der Waals surface area contributed by atoms with Crippen molar-refractivity contribution in [2.45, 2.75) is 6.92 Å². The maximum atomic E-state index is 12.3. The van der Waals surface area contributed by atoms with Crippen LogP contribution in [0.5, 0.6) is 0 Å². The number of carbonyl (C=O) groups is 2. The molecule has 0 aliphatic heterocycles. The molecule has 0 atom stereocenters. The van der Waals surface area contributed by atoms with Gasteiger partial charge < -0.3 is 10.2 Å². The zero-order valence-corrected chi connectivity index (χ0v) is 14.6. The molecule has 0 heterocycles. The van der Waals surface area contributed by atoms with E-state index in [1.54, 1.807) is 50.5 Å². The number of nitrogens with one attached hydrogen (secondary N) is 2. The molecule has 124 valence electrons. The van der Waals surface area contributed by atoms with Crippen molar-refractivity contribution in [3.63, 3.8) is 0 Å². The summed E-state index contributed by atoms with van der Waals surface area (Å²) >= 11 is 5.20. The molecule has 0 aliphatic rings. The Morgan fingerprint density at radius 2 is 1.54 bits per heavy atom. The van der Waals surface area contributed by atoms with Crippen LogP contribution in [0, 0.1) is 6.92 Å². The van der Waals surface area contributed by atoms with Crippen LogP contribution < -0.4 is 10.6 Å². The van der Waals surface area contributed by atoms with Crippen LogP contribution in [0.2, 0.25) is 0 Å². The second kappa shape index (κ2) is 7.70. The van der Waals surface area contributed by atoms with Crippen molar-refractivity contribution in [3.05, 3.63) is 65.2 Å². The van der Waals surface area contributed by atoms with Gasteiger partial charge in [-0.25, -0.2) is 0 Å². The number of aryl methyl sites for hydroxylation is 1. The van der Waals surface area contributed by atoms with Gasteiger partial charge in [0.1, 0.15) is 0 Å². The molecule has 0 saturated heterocycles. The van der Waals surface area contributed by atoms with Crippen LogP contribution in [0.25, 0.3) is 0 Å². The first kappa shape index (κ1) is 17.6. The Hall–Kier alpha value is -2.73. The largest absolute Gasteiger partial charge is 0.345 e. The summed E-state index contributed by atoms with van der Waals surface area (Å²) in [5.41, 5.74) is 2.45. The van der Waals surface area contributed by atoms with E-state index in [4.69, 9.17) is 12.2 Å². The standard InChI is InChI=1S/C18H19N3O2S/c1-12-8-4-5-9-13(12)16(22)20-18(24)19-15-11-7-6-10-14(15)17(23)21(2)3/h4-11H,1-3H3,(H2,19,20,22,24). The lowest BCUT2D eigenvalue weighted by Gasteiger charge is -2.16. The molecule has 6 heteroatoms. The highest BCUT2D eigenvalue weighted by Crippen LogP contribution is 2.16. The third-order valence-electron chi connectivity index (χ3n) is 3.43. The SMILES string of the molecule is Cc1ccccc1C(=O)NC(=S)Nc1ccccc1C(=O)N(C)C. The van der Waals surface area contributed by atoms with Gasteiger partial charge in [0.15, 0.2) is 5.11 Å². The van der Waals surface area contributed by atoms with Crippen LogP contribution in [0.4, 0.5) is 5.69 Å². The highest BCUT2D eigenvalue weighted by Gasteiger charge is 2.15. The molecule has 5 nitrogen and oxygen atoms in total. The zero-order valence-electron chi connectivity index (χ0n) is 13.8. The molecule has 0 fully saturated rings. The van der Waals surface area contributed by atoms with Gasteiger partial charge in [0, 0.05) is 19.7 Å². The van der Waals surface area contributed by atoms with Crippen LogP contribution >= 0.6 is 12.2 Å². The van der Waals surface area contributed by atoms with Crippen molar-refractivity contribution in [1.29, 1.82) is 0 Å². The molecule has 2 amide bonds. The van der Waals surface area contributed by atoms with Gasteiger partial charge in [-0.1, -0.05) is 30.3 Å². The van der Waals surface area contributed by atoms with Gasteiger partial charge in [-0.2, -0.15) is 0 Å². The van der Waals surface area contributed by atoms with Crippen molar-refractivity contribution in [3.8, 4) is 0 Å². The van der Waals surface area contributed by atoms with E-state index in [1.807, 2.05) is 19.1 Å². The fourth-order valence-corrected chi connectivity index (χ4v) is 2.37. The normalized spacial score (nSPS) is 9.96. The average Bonchev–Trinajstić information content (AvgIpc) is 2.54. The van der Waals surface area contributed by atoms with E-state index in [0.29, 0.717) is 16.8 Å². The topological polar surface area (TPSA) is 61.4 Å². The molecule has 2 aromatic rings. The number of carbonyl (C=O) groups excluding carboxylic acids is 2. The van der Waals surface area contributed by atoms with Crippen molar-refractivity contribution in [2.75, 3.05) is 19.4 Å². The number of rotatable bonds is 3. The molecule has 0 unspecified atom stereocenters. The van der Waals surface area contributed by atoms with Gasteiger partial charge in [-0.3, -0.25) is 14.9 Å². The number of benzene rings is 2. The molecule has 2 aromatic carbocycles. The van der Waals surface area contributed by atoms with E-state index in [0.717, 1.165) is 5.56 Å². The summed E-state index contributed by atoms with van der Waals surface area (Å²) in [4.78, 5) is 26.0. The first-order chi connectivity index (χ1) is 11.4. The second-order valence-corrected chi connectivity index (χ2v) is 5.88. The molecular weight excluding hydrogens is 322 g/mol. The molecule has 0 aliphatic carbocycles. The molecule has 0 bridgehead atoms. The number of thiocarbonyl (C=S) groups is 1. The fraction of sp³-hybridized carbons (Fsp3) is 0.167. The molecule has 24 heavy (non-hydrogen) atoms. The van der Waals surface area contributed by atoms with Crippen LogP contribution in [0.15, 0.2) is 48.5 Å². The van der Waals surface area contributed by atoms with Crippen molar-refractivity contribution >= 4 is 34.8 Å². The van der Waals surface area contributed by atoms with Gasteiger partial charge >= 0.3 is 0 Å². The lowest BCUT2D eigenvalue weighted by atomic mass is 10.1. The number of para-hydroxylation sites is 1. The minimum atomic E-state index is -0.290. The minimum absolute atomic E-state index is 0.141. The first-order valence-electron chi connectivity index (χ1n) is 7.39. The summed E-state index contributed by atoms with van der Waals surface area (Å²) in [6, 6.07) is 14.3. The zero-order chi connectivity index (χ0) is 17.7. The van der Waals surface area contributed by atoms with E-state index in [9.17, 15) is 9.59 Å². The predicted octanol–water partition coefficient (Wildman–Crippen LogP) is 2.82. The van der Waals surface area contributed by atoms with Crippen LogP contribution in [0.1, 0.15) is 26.3 Å². The Kier molecular flexibility index (Phi) is 5.65. The van der Waals surface area contributed by atoms with Gasteiger partial charge in [0.2, 0.25) is 0 Å². The van der Waals surface area contributed by atoms with Crippen LogP contribution in [-0.2, 0) is 0 Å². The van der Waals surface area contributed by atoms with Gasteiger partial charge in [0.25, 0.3) is 11.8 Å². The van der Waals surface area contributed by atoms with Gasteiger partial charge in [-0.05, 0) is 42.9 Å². The van der Waals surface area contributed by atoms with E-state index in [-0.39, 0.29) is 16.9 Å². The molecule has 2 N–H and O–H groups in total. The molecule has 0 spiro atoms. The Labute approximate surface area is 146 Å². The monoisotopic (exact) mass is 341 g/mol. The summed E-state index contributed by atoms with van der Waals surface area (Å²) in [5.74, 6) is -0.437. The maximum Gasteiger partial charge on any atom is 0.257 e. The Morgan fingerprint density at radius 3 is 2.17 bits per heavy atom. The second-order valence-electron chi connectivity index (χ2n) is 5.47. The number of hydrogen-bond donors (Lipinski definition) is 2. The van der Waals surface area contributed by atoms with E-state index < -0.39 is 0 Å². The van der Waals surface area contributed by atoms with Gasteiger partial charge in [0.05, 0.1) is 11.3 Å². The summed E-state index contributed by atoms with van der Waals surface area (Å²) < 4.78 is 0. The Balaban J connectivity index is 2.12. The third-order valence-corrected chi connectivity index (χ3v) is 3.63. The lowest BCUT2D eigenvalue weighted by Crippen LogP contribution is -2.35. The quantitative estimate of drug-likeness (QED) is 0.843. The molecule has 0 aromatic heterocycles. The fourth-order valence-electron chi connectivity index (χ4n) is 2.17. The van der Waals surface area contributed by atoms with Crippen molar-refractivity contribution in [1.82, 2.24) is 10.2 Å². The minimum Gasteiger partial charge on any atom is -0.345 e. The number of anilines is 1. The van der Waals surface area contributed by atoms with Crippen LogP contribution in [-0.4, -0.2) is 35.9 Å². The Bertz CT molecular complexity index is 787. The number of amides is 2. The number of hydrogen-bond acceptors (Lipinski definition) is 3. The first-order valence-corrected chi connectivity index (χ1v) is 7.79. The third kappa shape index (κ3) is 4.17. The summed E-state index contributed by atoms with van der Waals surface area (Å²) in [7, 11) is 3.36. The predicted molar refractivity (Wildman–Crippen MR) is 99.3 cm³/mol. The van der Waals surface area contributed by atoms with Crippen molar-refractivity contribution < 1.29 is 9.59 Å². The highest BCUT2D eigenvalue weighted by atomic mass is 32.1. The Morgan fingerprint density at radius 1 is 0.958 bits per heavy atom. The summed E-state index contributed by atoms with van der Waals surface area (Å²) in [6.07, 6.45) is 0. The average molecular weight is 341 g/mol. The van der Waals surface area contributed by atoms with E-state index in [2.05, 4.69) is 10.6 Å². The molecule has 2 rings (SSSR count). The molecular formula is C18H19N3O2S. The van der Waals surface area contributed by atoms with Gasteiger partial charge in [-0.15, -0.1) is 0 Å². The van der Waals surface area contributed by atoms with Crippen LogP contribution in [0.3, 0.4) is 0 Å². The van der Waals surface area contributed by atoms with Crippen molar-refractivity contribution in [2.24, 2.45) is 0 Å². The number of nitrogens with zero attached hydrogens (tertiary/aromatic N) is 1. The summed E-state index contributed by atoms with van der Waals surface area (Å²) in [6.45, 7) is 1.86. The highest BCUT2D eigenvalue weighted by molar-refractivity contribution is 7.80. The summed E-state index contributed by atoms with van der Waals surface area (Å²) in [5, 5.41) is 5.70. The molecule has 0 radical (unpaired) electrons. The maximum absolute atomic E-state index is 12.3. The van der Waals surface area contributed by atoms with E-state index in [1.165, 1.54) is 4.90 Å².